The third kappa shape index (κ3) is 3.99. The molecule has 0 aromatic heterocycles. The van der Waals surface area contributed by atoms with Crippen LogP contribution in [0.2, 0.25) is 0 Å². The highest BCUT2D eigenvalue weighted by atomic mass is 32.2. The van der Waals surface area contributed by atoms with Crippen LogP contribution >= 0.6 is 0 Å². The van der Waals surface area contributed by atoms with Gasteiger partial charge in [-0.2, -0.15) is 0 Å². The molecule has 2 aromatic rings. The highest BCUT2D eigenvalue weighted by Gasteiger charge is 2.23. The minimum atomic E-state index is -3.92. The Balaban J connectivity index is 1.78. The van der Waals surface area contributed by atoms with E-state index in [-0.39, 0.29) is 10.6 Å². The summed E-state index contributed by atoms with van der Waals surface area (Å²) in [6.07, 6.45) is 2.40. The summed E-state index contributed by atoms with van der Waals surface area (Å²) in [6, 6.07) is 10.8. The molecule has 1 atom stereocenters. The molecular weight excluding hydrogens is 355 g/mol. The maximum atomic E-state index is 13.5. The summed E-state index contributed by atoms with van der Waals surface area (Å²) < 4.78 is 46.5. The van der Waals surface area contributed by atoms with Gasteiger partial charge < -0.3 is 9.64 Å². The third-order valence-corrected chi connectivity index (χ3v) is 6.17. The second kappa shape index (κ2) is 7.63. The fraction of sp³-hybridized carbons (Fsp3) is 0.368. The predicted molar refractivity (Wildman–Crippen MR) is 99.6 cm³/mol. The van der Waals surface area contributed by atoms with Crippen LogP contribution in [0.1, 0.15) is 31.4 Å². The number of hydrogen-bond acceptors (Lipinski definition) is 4. The summed E-state index contributed by atoms with van der Waals surface area (Å²) in [4.78, 5) is 2.11. The first-order chi connectivity index (χ1) is 12.4. The molecule has 3 rings (SSSR count). The van der Waals surface area contributed by atoms with Crippen LogP contribution in [0.25, 0.3) is 0 Å². The second-order valence-electron chi connectivity index (χ2n) is 6.42. The number of sulfonamides is 1. The van der Waals surface area contributed by atoms with E-state index in [1.54, 1.807) is 6.92 Å². The van der Waals surface area contributed by atoms with E-state index in [2.05, 4.69) is 9.62 Å². The molecule has 1 saturated heterocycles. The fourth-order valence-electron chi connectivity index (χ4n) is 3.17. The Morgan fingerprint density at radius 1 is 1.12 bits per heavy atom. The van der Waals surface area contributed by atoms with Crippen LogP contribution in [-0.2, 0) is 10.0 Å². The van der Waals surface area contributed by atoms with Crippen LogP contribution in [0.15, 0.2) is 47.4 Å². The van der Waals surface area contributed by atoms with E-state index in [1.807, 2.05) is 24.3 Å². The Hall–Kier alpha value is -2.12. The fourth-order valence-corrected chi connectivity index (χ4v) is 4.59. The molecular formula is C19H23FN2O3S. The number of benzene rings is 2. The van der Waals surface area contributed by atoms with Crippen molar-refractivity contribution >= 4 is 15.7 Å². The standard InChI is InChI=1S/C19H23FN2O3S/c1-14(15-5-8-17(9-6-15)22-11-3-4-12-22)21-26(23,24)19-13-16(20)7-10-18(19)25-2/h5-10,13-14,21H,3-4,11-12H2,1-2H3. The van der Waals surface area contributed by atoms with Crippen molar-refractivity contribution in [3.63, 3.8) is 0 Å². The van der Waals surface area contributed by atoms with Crippen molar-refractivity contribution in [2.45, 2.75) is 30.7 Å². The minimum Gasteiger partial charge on any atom is -0.495 e. The van der Waals surface area contributed by atoms with Crippen molar-refractivity contribution in [1.82, 2.24) is 4.72 Å². The van der Waals surface area contributed by atoms with Gasteiger partial charge in [-0.25, -0.2) is 17.5 Å². The molecule has 0 spiro atoms. The molecule has 5 nitrogen and oxygen atoms in total. The van der Waals surface area contributed by atoms with Crippen molar-refractivity contribution in [2.75, 3.05) is 25.1 Å². The monoisotopic (exact) mass is 378 g/mol. The Bertz CT molecular complexity index is 863. The Morgan fingerprint density at radius 2 is 1.77 bits per heavy atom. The van der Waals surface area contributed by atoms with Gasteiger partial charge in [0.15, 0.2) is 0 Å². The summed E-state index contributed by atoms with van der Waals surface area (Å²) in [5, 5.41) is 0. The first kappa shape index (κ1) is 18.7. The maximum absolute atomic E-state index is 13.5. The summed E-state index contributed by atoms with van der Waals surface area (Å²) in [7, 11) is -2.57. The van der Waals surface area contributed by atoms with Gasteiger partial charge in [-0.05, 0) is 55.7 Å². The molecule has 7 heteroatoms. The molecule has 1 aliphatic rings. The molecule has 1 aliphatic heterocycles. The van der Waals surface area contributed by atoms with Gasteiger partial charge >= 0.3 is 0 Å². The number of nitrogens with zero attached hydrogens (tertiary/aromatic N) is 1. The van der Waals surface area contributed by atoms with Crippen LogP contribution in [0, 0.1) is 5.82 Å². The quantitative estimate of drug-likeness (QED) is 0.836. The molecule has 0 aliphatic carbocycles. The van der Waals surface area contributed by atoms with Crippen molar-refractivity contribution < 1.29 is 17.5 Å². The lowest BCUT2D eigenvalue weighted by Gasteiger charge is -2.20. The first-order valence-corrected chi connectivity index (χ1v) is 10.1. The van der Waals surface area contributed by atoms with E-state index in [0.29, 0.717) is 0 Å². The molecule has 26 heavy (non-hydrogen) atoms. The number of rotatable bonds is 6. The van der Waals surface area contributed by atoms with Crippen molar-refractivity contribution in [2.24, 2.45) is 0 Å². The van der Waals surface area contributed by atoms with E-state index in [1.165, 1.54) is 32.1 Å². The molecule has 1 heterocycles. The van der Waals surface area contributed by atoms with Gasteiger partial charge in [-0.1, -0.05) is 12.1 Å². The Labute approximate surface area is 153 Å². The number of nitrogens with one attached hydrogen (secondary N) is 1. The second-order valence-corrected chi connectivity index (χ2v) is 8.11. The smallest absolute Gasteiger partial charge is 0.244 e. The van der Waals surface area contributed by atoms with Crippen LogP contribution < -0.4 is 14.4 Å². The summed E-state index contributed by atoms with van der Waals surface area (Å²) >= 11 is 0. The van der Waals surface area contributed by atoms with E-state index < -0.39 is 21.9 Å². The molecule has 0 radical (unpaired) electrons. The Morgan fingerprint density at radius 3 is 2.38 bits per heavy atom. The average Bonchev–Trinajstić information content (AvgIpc) is 3.16. The van der Waals surface area contributed by atoms with E-state index in [9.17, 15) is 12.8 Å². The van der Waals surface area contributed by atoms with Gasteiger partial charge in [0.25, 0.3) is 0 Å². The predicted octanol–water partition coefficient (Wildman–Crippen LogP) is 3.47. The van der Waals surface area contributed by atoms with Crippen LogP contribution in [0.5, 0.6) is 5.75 Å². The zero-order chi connectivity index (χ0) is 18.7. The molecule has 0 saturated carbocycles. The summed E-state index contributed by atoms with van der Waals surface area (Å²) in [6.45, 7) is 3.87. The molecule has 1 unspecified atom stereocenters. The van der Waals surface area contributed by atoms with Gasteiger partial charge in [0.2, 0.25) is 10.0 Å². The topological polar surface area (TPSA) is 58.6 Å². The maximum Gasteiger partial charge on any atom is 0.244 e. The largest absolute Gasteiger partial charge is 0.495 e. The van der Waals surface area contributed by atoms with Gasteiger partial charge in [0.05, 0.1) is 7.11 Å². The normalized spacial score (nSPS) is 15.9. The van der Waals surface area contributed by atoms with Gasteiger partial charge in [-0.15, -0.1) is 0 Å². The van der Waals surface area contributed by atoms with Crippen LogP contribution in [0.3, 0.4) is 0 Å². The highest BCUT2D eigenvalue weighted by molar-refractivity contribution is 7.89. The SMILES string of the molecule is COc1ccc(F)cc1S(=O)(=O)NC(C)c1ccc(N2CCCC2)cc1. The zero-order valence-electron chi connectivity index (χ0n) is 14.9. The highest BCUT2D eigenvalue weighted by Crippen LogP contribution is 2.27. The van der Waals surface area contributed by atoms with E-state index >= 15 is 0 Å². The van der Waals surface area contributed by atoms with E-state index in [4.69, 9.17) is 4.74 Å². The van der Waals surface area contributed by atoms with Gasteiger partial charge in [-0.3, -0.25) is 0 Å². The molecule has 1 fully saturated rings. The Kier molecular flexibility index (Phi) is 5.48. The van der Waals surface area contributed by atoms with E-state index in [0.717, 1.165) is 30.4 Å². The number of hydrogen-bond donors (Lipinski definition) is 1. The number of halogens is 1. The van der Waals surface area contributed by atoms with Gasteiger partial charge in [0, 0.05) is 24.8 Å². The number of methoxy groups -OCH3 is 1. The molecule has 1 N–H and O–H groups in total. The lowest BCUT2D eigenvalue weighted by atomic mass is 10.1. The van der Waals surface area contributed by atoms with Crippen LogP contribution in [0.4, 0.5) is 10.1 Å². The molecule has 0 bridgehead atoms. The zero-order valence-corrected chi connectivity index (χ0v) is 15.7. The molecule has 0 amide bonds. The van der Waals surface area contributed by atoms with Crippen molar-refractivity contribution in [1.29, 1.82) is 0 Å². The first-order valence-electron chi connectivity index (χ1n) is 8.61. The number of anilines is 1. The summed E-state index contributed by atoms with van der Waals surface area (Å²) in [5.74, 6) is -0.524. The number of ether oxygens (including phenoxy) is 1. The minimum absolute atomic E-state index is 0.107. The average molecular weight is 378 g/mol. The van der Waals surface area contributed by atoms with Crippen LogP contribution in [-0.4, -0.2) is 28.6 Å². The third-order valence-electron chi connectivity index (χ3n) is 4.61. The molecule has 140 valence electrons. The van der Waals surface area contributed by atoms with Gasteiger partial charge in [0.1, 0.15) is 16.5 Å². The lowest BCUT2D eigenvalue weighted by molar-refractivity contribution is 0.400. The van der Waals surface area contributed by atoms with Crippen molar-refractivity contribution in [3.8, 4) is 5.75 Å². The van der Waals surface area contributed by atoms with Crippen molar-refractivity contribution in [3.05, 3.63) is 53.8 Å². The lowest BCUT2D eigenvalue weighted by Crippen LogP contribution is -2.27. The molecule has 2 aromatic carbocycles. The summed E-state index contributed by atoms with van der Waals surface area (Å²) in [5.41, 5.74) is 1.99.